The molecule has 0 aliphatic rings. The fourth-order valence-corrected chi connectivity index (χ4v) is 2.92. The lowest BCUT2D eigenvalue weighted by atomic mass is 10.1. The van der Waals surface area contributed by atoms with Gasteiger partial charge in [-0.15, -0.1) is 0 Å². The molecule has 4 rings (SSSR count). The predicted octanol–water partition coefficient (Wildman–Crippen LogP) is 4.69. The summed E-state index contributed by atoms with van der Waals surface area (Å²) in [5.74, 6) is 1.33. The summed E-state index contributed by atoms with van der Waals surface area (Å²) in [5.41, 5.74) is 2.03. The highest BCUT2D eigenvalue weighted by Crippen LogP contribution is 2.21. The van der Waals surface area contributed by atoms with Gasteiger partial charge in [0, 0.05) is 5.56 Å². The van der Waals surface area contributed by atoms with Crippen LogP contribution in [0.25, 0.3) is 11.1 Å². The maximum absolute atomic E-state index is 12.5. The van der Waals surface area contributed by atoms with E-state index in [4.69, 9.17) is 13.6 Å². The van der Waals surface area contributed by atoms with Crippen molar-refractivity contribution in [2.45, 2.75) is 26.5 Å². The van der Waals surface area contributed by atoms with Crippen LogP contribution in [0.4, 0.5) is 0 Å². The molecule has 0 saturated heterocycles. The van der Waals surface area contributed by atoms with E-state index in [1.807, 2.05) is 24.3 Å². The Labute approximate surface area is 172 Å². The molecule has 1 N–H and O–H groups in total. The Balaban J connectivity index is 1.35. The number of para-hydroxylation sites is 2. The van der Waals surface area contributed by atoms with Gasteiger partial charge in [0.1, 0.15) is 29.7 Å². The minimum absolute atomic E-state index is 0.00434. The van der Waals surface area contributed by atoms with E-state index in [1.165, 1.54) is 6.92 Å². The number of furan rings is 1. The standard InChI is InChI=1S/C23H20N2O5/c1-14(23-25-19-5-3-4-6-20(19)30-23)24-22(27)21-12-11-18(29-21)13-28-17-9-7-16(8-10-17)15(2)26/h3-12,14H,13H2,1-2H3,(H,24,27). The molecule has 1 atom stereocenters. The van der Waals surface area contributed by atoms with Gasteiger partial charge in [-0.3, -0.25) is 9.59 Å². The second-order valence-electron chi connectivity index (χ2n) is 6.85. The van der Waals surface area contributed by atoms with E-state index in [1.54, 1.807) is 43.3 Å². The Bertz CT molecular complexity index is 1160. The number of hydrogen-bond donors (Lipinski definition) is 1. The van der Waals surface area contributed by atoms with Gasteiger partial charge in [0.2, 0.25) is 5.89 Å². The molecule has 4 aromatic rings. The largest absolute Gasteiger partial charge is 0.486 e. The molecule has 30 heavy (non-hydrogen) atoms. The summed E-state index contributed by atoms with van der Waals surface area (Å²) in [6.07, 6.45) is 0. The maximum Gasteiger partial charge on any atom is 0.287 e. The smallest absolute Gasteiger partial charge is 0.287 e. The monoisotopic (exact) mass is 404 g/mol. The zero-order valence-corrected chi connectivity index (χ0v) is 16.5. The van der Waals surface area contributed by atoms with Gasteiger partial charge in [-0.05, 0) is 62.4 Å². The number of hydrogen-bond acceptors (Lipinski definition) is 6. The average Bonchev–Trinajstić information content (AvgIpc) is 3.39. The third-order valence-corrected chi connectivity index (χ3v) is 4.56. The van der Waals surface area contributed by atoms with Crippen LogP contribution in [-0.2, 0) is 6.61 Å². The number of Topliss-reactive ketones (excluding diaryl/α,β-unsaturated/α-hetero) is 1. The number of carbonyl (C=O) groups excluding carboxylic acids is 2. The first kappa shape index (κ1) is 19.4. The van der Waals surface area contributed by atoms with Crippen LogP contribution in [0.15, 0.2) is 69.5 Å². The highest BCUT2D eigenvalue weighted by molar-refractivity contribution is 5.94. The van der Waals surface area contributed by atoms with Crippen LogP contribution in [0.1, 0.15) is 52.5 Å². The Morgan fingerprint density at radius 3 is 2.53 bits per heavy atom. The second kappa shape index (κ2) is 8.24. The molecule has 2 aromatic heterocycles. The van der Waals surface area contributed by atoms with E-state index in [2.05, 4.69) is 10.3 Å². The van der Waals surface area contributed by atoms with Crippen molar-refractivity contribution in [3.05, 3.63) is 83.6 Å². The Morgan fingerprint density at radius 1 is 1.03 bits per heavy atom. The van der Waals surface area contributed by atoms with Gasteiger partial charge < -0.3 is 18.9 Å². The molecule has 0 saturated carbocycles. The minimum atomic E-state index is -0.422. The third-order valence-electron chi connectivity index (χ3n) is 4.56. The van der Waals surface area contributed by atoms with Gasteiger partial charge in [-0.1, -0.05) is 12.1 Å². The third kappa shape index (κ3) is 4.25. The van der Waals surface area contributed by atoms with E-state index in [9.17, 15) is 9.59 Å². The molecule has 0 fully saturated rings. The number of aromatic nitrogens is 1. The summed E-state index contributed by atoms with van der Waals surface area (Å²) in [5, 5.41) is 2.82. The highest BCUT2D eigenvalue weighted by Gasteiger charge is 2.19. The van der Waals surface area contributed by atoms with Gasteiger partial charge in [-0.25, -0.2) is 4.98 Å². The minimum Gasteiger partial charge on any atom is -0.486 e. The molecule has 1 unspecified atom stereocenters. The fraction of sp³-hybridized carbons (Fsp3) is 0.174. The van der Waals surface area contributed by atoms with E-state index in [0.717, 1.165) is 5.52 Å². The van der Waals surface area contributed by atoms with E-state index in [-0.39, 0.29) is 24.1 Å². The fourth-order valence-electron chi connectivity index (χ4n) is 2.92. The molecule has 2 aromatic carbocycles. The molecule has 1 amide bonds. The van der Waals surface area contributed by atoms with E-state index >= 15 is 0 Å². The van der Waals surface area contributed by atoms with Crippen molar-refractivity contribution in [2.75, 3.05) is 0 Å². The van der Waals surface area contributed by atoms with E-state index < -0.39 is 6.04 Å². The number of rotatable bonds is 7. The van der Waals surface area contributed by atoms with Crippen LogP contribution in [-0.4, -0.2) is 16.7 Å². The van der Waals surface area contributed by atoms with Gasteiger partial charge in [0.15, 0.2) is 17.1 Å². The van der Waals surface area contributed by atoms with Crippen molar-refractivity contribution in [3.63, 3.8) is 0 Å². The summed E-state index contributed by atoms with van der Waals surface area (Å²) in [6, 6.07) is 17.1. The number of nitrogens with zero attached hydrogens (tertiary/aromatic N) is 1. The normalized spacial score (nSPS) is 11.9. The number of benzene rings is 2. The van der Waals surface area contributed by atoms with Crippen LogP contribution >= 0.6 is 0 Å². The summed E-state index contributed by atoms with van der Waals surface area (Å²) in [7, 11) is 0. The second-order valence-corrected chi connectivity index (χ2v) is 6.85. The number of oxazole rings is 1. The first-order valence-corrected chi connectivity index (χ1v) is 9.48. The molecule has 0 spiro atoms. The summed E-state index contributed by atoms with van der Waals surface area (Å²) in [6.45, 7) is 3.46. The lowest BCUT2D eigenvalue weighted by Crippen LogP contribution is -2.26. The number of ketones is 1. The molecule has 0 aliphatic heterocycles. The van der Waals surface area contributed by atoms with Crippen LogP contribution in [0.5, 0.6) is 5.75 Å². The highest BCUT2D eigenvalue weighted by atomic mass is 16.5. The van der Waals surface area contributed by atoms with Crippen LogP contribution in [0, 0.1) is 0 Å². The molecular formula is C23H20N2O5. The van der Waals surface area contributed by atoms with Crippen LogP contribution < -0.4 is 10.1 Å². The average molecular weight is 404 g/mol. The van der Waals surface area contributed by atoms with Crippen molar-refractivity contribution < 1.29 is 23.2 Å². The van der Waals surface area contributed by atoms with Crippen molar-refractivity contribution in [3.8, 4) is 5.75 Å². The number of carbonyl (C=O) groups is 2. The first-order valence-electron chi connectivity index (χ1n) is 9.48. The molecule has 0 aliphatic carbocycles. The quantitative estimate of drug-likeness (QED) is 0.449. The van der Waals surface area contributed by atoms with Crippen molar-refractivity contribution >= 4 is 22.8 Å². The Kier molecular flexibility index (Phi) is 5.34. The predicted molar refractivity (Wildman–Crippen MR) is 109 cm³/mol. The molecule has 2 heterocycles. The van der Waals surface area contributed by atoms with Crippen molar-refractivity contribution in [1.29, 1.82) is 0 Å². The van der Waals surface area contributed by atoms with Gasteiger partial charge >= 0.3 is 0 Å². The topological polar surface area (TPSA) is 94.6 Å². The van der Waals surface area contributed by atoms with Gasteiger partial charge in [0.25, 0.3) is 5.91 Å². The summed E-state index contributed by atoms with van der Waals surface area (Å²) < 4.78 is 16.9. The molecule has 7 nitrogen and oxygen atoms in total. The molecule has 0 radical (unpaired) electrons. The Morgan fingerprint density at radius 2 is 1.80 bits per heavy atom. The lowest BCUT2D eigenvalue weighted by Gasteiger charge is -2.08. The lowest BCUT2D eigenvalue weighted by molar-refractivity contribution is 0.0902. The molecular weight excluding hydrogens is 384 g/mol. The Hall–Kier alpha value is -3.87. The van der Waals surface area contributed by atoms with Gasteiger partial charge in [0.05, 0.1) is 0 Å². The SMILES string of the molecule is CC(=O)c1ccc(OCc2ccc(C(=O)NC(C)c3nc4ccccc4o3)o2)cc1. The zero-order chi connectivity index (χ0) is 21.1. The molecule has 0 bridgehead atoms. The molecule has 152 valence electrons. The molecule has 7 heteroatoms. The maximum atomic E-state index is 12.5. The zero-order valence-electron chi connectivity index (χ0n) is 16.5. The first-order chi connectivity index (χ1) is 14.5. The van der Waals surface area contributed by atoms with Crippen LogP contribution in [0.3, 0.4) is 0 Å². The number of ether oxygens (including phenoxy) is 1. The van der Waals surface area contributed by atoms with Crippen molar-refractivity contribution in [1.82, 2.24) is 10.3 Å². The number of nitrogens with one attached hydrogen (secondary N) is 1. The van der Waals surface area contributed by atoms with Gasteiger partial charge in [-0.2, -0.15) is 0 Å². The summed E-state index contributed by atoms with van der Waals surface area (Å²) >= 11 is 0. The van der Waals surface area contributed by atoms with Crippen LogP contribution in [0.2, 0.25) is 0 Å². The van der Waals surface area contributed by atoms with E-state index in [0.29, 0.717) is 28.5 Å². The number of fused-ring (bicyclic) bond motifs is 1. The van der Waals surface area contributed by atoms with Crippen molar-refractivity contribution in [2.24, 2.45) is 0 Å². The summed E-state index contributed by atoms with van der Waals surface area (Å²) in [4.78, 5) is 28.2. The number of amides is 1.